The number of methoxy groups -OCH3 is 1. The molecule has 0 saturated carbocycles. The second kappa shape index (κ2) is 7.25. The van der Waals surface area contributed by atoms with E-state index in [0.29, 0.717) is 11.6 Å². The summed E-state index contributed by atoms with van der Waals surface area (Å²) < 4.78 is 5.20. The van der Waals surface area contributed by atoms with Gasteiger partial charge in [-0.15, -0.1) is 0 Å². The number of rotatable bonds is 5. The Morgan fingerprint density at radius 3 is 2.37 bits per heavy atom. The summed E-state index contributed by atoms with van der Waals surface area (Å²) in [5.41, 5.74) is 5.24. The van der Waals surface area contributed by atoms with Crippen LogP contribution in [0.4, 0.5) is 22.9 Å². The predicted octanol–water partition coefficient (Wildman–Crippen LogP) is 4.22. The van der Waals surface area contributed by atoms with Gasteiger partial charge in [0, 0.05) is 12.3 Å². The molecule has 4 heterocycles. The van der Waals surface area contributed by atoms with Crippen LogP contribution >= 0.6 is 0 Å². The first-order valence-corrected chi connectivity index (χ1v) is 8.41. The van der Waals surface area contributed by atoms with Gasteiger partial charge in [0.15, 0.2) is 0 Å². The number of ether oxygens (including phenoxy) is 1. The van der Waals surface area contributed by atoms with Crippen LogP contribution in [0, 0.1) is 6.92 Å². The Kier molecular flexibility index (Phi) is 4.49. The van der Waals surface area contributed by atoms with Crippen LogP contribution in [-0.2, 0) is 0 Å². The van der Waals surface area contributed by atoms with E-state index in [2.05, 4.69) is 30.6 Å². The number of anilines is 4. The second-order valence-electron chi connectivity index (χ2n) is 6.07. The third-order valence-electron chi connectivity index (χ3n) is 3.92. The lowest BCUT2D eigenvalue weighted by atomic mass is 10.2. The van der Waals surface area contributed by atoms with Gasteiger partial charge in [0.05, 0.1) is 60.0 Å². The van der Waals surface area contributed by atoms with Gasteiger partial charge >= 0.3 is 0 Å². The highest BCUT2D eigenvalue weighted by Gasteiger charge is 2.04. The number of pyridine rings is 4. The molecule has 0 radical (unpaired) electrons. The van der Waals surface area contributed by atoms with Crippen molar-refractivity contribution < 1.29 is 4.74 Å². The summed E-state index contributed by atoms with van der Waals surface area (Å²) in [5.74, 6) is 1.38. The Morgan fingerprint density at radius 2 is 1.56 bits per heavy atom. The quantitative estimate of drug-likeness (QED) is 0.552. The molecule has 0 aliphatic rings. The van der Waals surface area contributed by atoms with Gasteiger partial charge in [-0.1, -0.05) is 0 Å². The third-order valence-corrected chi connectivity index (χ3v) is 3.92. The van der Waals surface area contributed by atoms with Gasteiger partial charge < -0.3 is 15.4 Å². The van der Waals surface area contributed by atoms with Crippen molar-refractivity contribution in [2.45, 2.75) is 6.92 Å². The third kappa shape index (κ3) is 3.92. The molecule has 4 rings (SSSR count). The van der Waals surface area contributed by atoms with Crippen LogP contribution in [0.15, 0.2) is 61.3 Å². The monoisotopic (exact) mass is 358 g/mol. The zero-order valence-electron chi connectivity index (χ0n) is 15.0. The summed E-state index contributed by atoms with van der Waals surface area (Å²) >= 11 is 0. The first-order chi connectivity index (χ1) is 13.2. The summed E-state index contributed by atoms with van der Waals surface area (Å²) in [5, 5.41) is 6.54. The standard InChI is InChI=1S/C20H18N6O/c1-13-5-14(9-21-8-13)24-16-7-19-18(23-11-16)3-4-20(26-19)25-15-6-17(27-2)12-22-10-15/h3-12,24H,1-2H3,(H,25,26). The molecule has 0 aromatic carbocycles. The highest BCUT2D eigenvalue weighted by molar-refractivity contribution is 5.81. The molecule has 0 bridgehead atoms. The SMILES string of the molecule is COc1cncc(Nc2ccc3ncc(Nc4cncc(C)c4)cc3n2)c1. The van der Waals surface area contributed by atoms with Crippen LogP contribution in [-0.4, -0.2) is 27.0 Å². The van der Waals surface area contributed by atoms with Crippen molar-refractivity contribution in [3.63, 3.8) is 0 Å². The van der Waals surface area contributed by atoms with Crippen molar-refractivity contribution in [2.24, 2.45) is 0 Å². The Hall–Kier alpha value is -3.74. The number of hydrogen-bond donors (Lipinski definition) is 2. The molecular formula is C20H18N6O. The minimum absolute atomic E-state index is 0.681. The molecule has 0 aliphatic carbocycles. The number of aromatic nitrogens is 4. The van der Waals surface area contributed by atoms with E-state index < -0.39 is 0 Å². The molecule has 0 saturated heterocycles. The molecule has 0 unspecified atom stereocenters. The summed E-state index contributed by atoms with van der Waals surface area (Å²) in [4.78, 5) is 17.4. The predicted molar refractivity (Wildman–Crippen MR) is 106 cm³/mol. The Morgan fingerprint density at radius 1 is 0.778 bits per heavy atom. The molecule has 7 nitrogen and oxygen atoms in total. The molecule has 0 amide bonds. The molecule has 0 atom stereocenters. The minimum Gasteiger partial charge on any atom is -0.495 e. The number of nitrogens with one attached hydrogen (secondary N) is 2. The lowest BCUT2D eigenvalue weighted by Crippen LogP contribution is -1.97. The fourth-order valence-corrected chi connectivity index (χ4v) is 2.68. The van der Waals surface area contributed by atoms with Gasteiger partial charge in [0.1, 0.15) is 11.6 Å². The Balaban J connectivity index is 1.60. The van der Waals surface area contributed by atoms with Gasteiger partial charge in [-0.3, -0.25) is 15.0 Å². The number of aryl methyl sites for hydroxylation is 1. The Bertz CT molecular complexity index is 1100. The highest BCUT2D eigenvalue weighted by Crippen LogP contribution is 2.23. The van der Waals surface area contributed by atoms with Gasteiger partial charge in [-0.05, 0) is 36.8 Å². The van der Waals surface area contributed by atoms with Crippen LogP contribution in [0.3, 0.4) is 0 Å². The summed E-state index contributed by atoms with van der Waals surface area (Å²) in [6.07, 6.45) is 8.75. The zero-order chi connectivity index (χ0) is 18.6. The molecule has 4 aromatic rings. The fraction of sp³-hybridized carbons (Fsp3) is 0.100. The van der Waals surface area contributed by atoms with E-state index in [1.54, 1.807) is 31.9 Å². The molecule has 7 heteroatoms. The topological polar surface area (TPSA) is 84.9 Å². The summed E-state index contributed by atoms with van der Waals surface area (Å²) in [7, 11) is 1.61. The average Bonchev–Trinajstić information content (AvgIpc) is 2.68. The lowest BCUT2D eigenvalue weighted by Gasteiger charge is -2.09. The lowest BCUT2D eigenvalue weighted by molar-refractivity contribution is 0.413. The van der Waals surface area contributed by atoms with Crippen molar-refractivity contribution >= 4 is 33.9 Å². The van der Waals surface area contributed by atoms with Crippen LogP contribution in [0.25, 0.3) is 11.0 Å². The highest BCUT2D eigenvalue weighted by atomic mass is 16.5. The maximum atomic E-state index is 5.20. The van der Waals surface area contributed by atoms with Crippen LogP contribution < -0.4 is 15.4 Å². The minimum atomic E-state index is 0.681. The van der Waals surface area contributed by atoms with E-state index in [1.807, 2.05) is 43.5 Å². The van der Waals surface area contributed by atoms with Gasteiger partial charge in [-0.2, -0.15) is 0 Å². The van der Waals surface area contributed by atoms with Crippen molar-refractivity contribution in [3.8, 4) is 5.75 Å². The van der Waals surface area contributed by atoms with E-state index in [9.17, 15) is 0 Å². The molecular weight excluding hydrogens is 340 g/mol. The van der Waals surface area contributed by atoms with Crippen LogP contribution in [0.1, 0.15) is 5.56 Å². The van der Waals surface area contributed by atoms with Crippen molar-refractivity contribution in [1.29, 1.82) is 0 Å². The molecule has 27 heavy (non-hydrogen) atoms. The second-order valence-corrected chi connectivity index (χ2v) is 6.07. The van der Waals surface area contributed by atoms with Crippen molar-refractivity contribution in [1.82, 2.24) is 19.9 Å². The van der Waals surface area contributed by atoms with Crippen molar-refractivity contribution in [2.75, 3.05) is 17.7 Å². The van der Waals surface area contributed by atoms with Crippen LogP contribution in [0.5, 0.6) is 5.75 Å². The molecule has 0 fully saturated rings. The average molecular weight is 358 g/mol. The Labute approximate surface area is 156 Å². The van der Waals surface area contributed by atoms with Crippen LogP contribution in [0.2, 0.25) is 0 Å². The summed E-state index contributed by atoms with van der Waals surface area (Å²) in [6.45, 7) is 2.00. The van der Waals surface area contributed by atoms with Crippen molar-refractivity contribution in [3.05, 3.63) is 66.9 Å². The molecule has 0 aliphatic heterocycles. The first-order valence-electron chi connectivity index (χ1n) is 8.41. The maximum Gasteiger partial charge on any atom is 0.139 e. The summed E-state index contributed by atoms with van der Waals surface area (Å²) in [6, 6.07) is 9.65. The largest absolute Gasteiger partial charge is 0.495 e. The zero-order valence-corrected chi connectivity index (χ0v) is 15.0. The molecule has 2 N–H and O–H groups in total. The molecule has 0 spiro atoms. The maximum absolute atomic E-state index is 5.20. The number of nitrogens with zero attached hydrogens (tertiary/aromatic N) is 4. The molecule has 134 valence electrons. The van der Waals surface area contributed by atoms with Gasteiger partial charge in [-0.25, -0.2) is 4.98 Å². The number of fused-ring (bicyclic) bond motifs is 1. The van der Waals surface area contributed by atoms with E-state index in [1.165, 1.54) is 0 Å². The van der Waals surface area contributed by atoms with Gasteiger partial charge in [0.2, 0.25) is 0 Å². The van der Waals surface area contributed by atoms with Gasteiger partial charge in [0.25, 0.3) is 0 Å². The molecule has 4 aromatic heterocycles. The van der Waals surface area contributed by atoms with E-state index >= 15 is 0 Å². The number of hydrogen-bond acceptors (Lipinski definition) is 7. The van der Waals surface area contributed by atoms with E-state index in [0.717, 1.165) is 33.7 Å². The normalized spacial score (nSPS) is 10.6. The fourth-order valence-electron chi connectivity index (χ4n) is 2.68. The first kappa shape index (κ1) is 16.7. The van der Waals surface area contributed by atoms with E-state index in [-0.39, 0.29) is 0 Å². The smallest absolute Gasteiger partial charge is 0.139 e. The van der Waals surface area contributed by atoms with E-state index in [4.69, 9.17) is 4.74 Å².